The smallest absolute Gasteiger partial charge is 0.254 e. The SMILES string of the molecule is CCCCN(Cc1nc2ccccc2n1Cc1ccccc1CN1CCCCC1)C(=O)c1ccc(CNCC)cc1. The number of likely N-dealkylation sites (tertiary alicyclic amines) is 1. The maximum absolute atomic E-state index is 13.8. The Kier molecular flexibility index (Phi) is 10.2. The second-order valence-electron chi connectivity index (χ2n) is 11.3. The molecule has 1 aliphatic rings. The Balaban J connectivity index is 1.42. The molecule has 216 valence electrons. The van der Waals surface area contributed by atoms with E-state index in [2.05, 4.69) is 83.2 Å². The molecule has 0 saturated carbocycles. The number of aromatic nitrogens is 2. The Labute approximate surface area is 245 Å². The number of piperidine rings is 1. The summed E-state index contributed by atoms with van der Waals surface area (Å²) in [7, 11) is 0. The molecule has 0 spiro atoms. The molecule has 3 aromatic carbocycles. The van der Waals surface area contributed by atoms with Crippen LogP contribution in [0.4, 0.5) is 0 Å². The highest BCUT2D eigenvalue weighted by Gasteiger charge is 2.21. The largest absolute Gasteiger partial charge is 0.331 e. The third kappa shape index (κ3) is 7.43. The van der Waals surface area contributed by atoms with Crippen LogP contribution in [0.1, 0.15) is 78.8 Å². The van der Waals surface area contributed by atoms with Crippen molar-refractivity contribution < 1.29 is 4.79 Å². The summed E-state index contributed by atoms with van der Waals surface area (Å²) in [6, 6.07) is 25.2. The van der Waals surface area contributed by atoms with E-state index in [1.165, 1.54) is 49.0 Å². The first-order valence-corrected chi connectivity index (χ1v) is 15.5. The van der Waals surface area contributed by atoms with E-state index in [0.29, 0.717) is 13.1 Å². The van der Waals surface area contributed by atoms with Gasteiger partial charge in [0.1, 0.15) is 5.82 Å². The molecular formula is C35H45N5O. The Hall–Kier alpha value is -3.48. The van der Waals surface area contributed by atoms with Gasteiger partial charge in [0, 0.05) is 31.7 Å². The number of carbonyl (C=O) groups excluding carboxylic acids is 1. The number of hydrogen-bond donors (Lipinski definition) is 1. The van der Waals surface area contributed by atoms with Crippen molar-refractivity contribution in [2.24, 2.45) is 0 Å². The molecule has 6 heteroatoms. The van der Waals surface area contributed by atoms with Crippen LogP contribution in [0.3, 0.4) is 0 Å². The molecule has 41 heavy (non-hydrogen) atoms. The molecule has 5 rings (SSSR count). The number of amides is 1. The molecule has 0 bridgehead atoms. The van der Waals surface area contributed by atoms with E-state index in [1.54, 1.807) is 0 Å². The molecule has 0 radical (unpaired) electrons. The number of rotatable bonds is 13. The fraction of sp³-hybridized carbons (Fsp3) is 0.429. The van der Waals surface area contributed by atoms with Gasteiger partial charge < -0.3 is 14.8 Å². The van der Waals surface area contributed by atoms with Crippen molar-refractivity contribution in [1.82, 2.24) is 24.7 Å². The Bertz CT molecular complexity index is 1400. The summed E-state index contributed by atoms with van der Waals surface area (Å²) in [6.45, 7) is 11.3. The minimum absolute atomic E-state index is 0.0672. The van der Waals surface area contributed by atoms with Crippen LogP contribution in [0.2, 0.25) is 0 Å². The predicted molar refractivity (Wildman–Crippen MR) is 168 cm³/mol. The van der Waals surface area contributed by atoms with Crippen LogP contribution in [0, 0.1) is 0 Å². The molecule has 1 aliphatic heterocycles. The minimum Gasteiger partial charge on any atom is -0.331 e. The maximum Gasteiger partial charge on any atom is 0.254 e. The summed E-state index contributed by atoms with van der Waals surface area (Å²) in [6.07, 6.45) is 5.92. The van der Waals surface area contributed by atoms with Crippen LogP contribution < -0.4 is 5.32 Å². The number of hydrogen-bond acceptors (Lipinski definition) is 4. The van der Waals surface area contributed by atoms with Gasteiger partial charge in [-0.25, -0.2) is 4.98 Å². The number of carbonyl (C=O) groups is 1. The molecule has 4 aromatic rings. The number of para-hydroxylation sites is 2. The zero-order chi connectivity index (χ0) is 28.4. The lowest BCUT2D eigenvalue weighted by atomic mass is 10.0. The van der Waals surface area contributed by atoms with Crippen molar-refractivity contribution in [3.8, 4) is 0 Å². The number of nitrogens with zero attached hydrogens (tertiary/aromatic N) is 4. The normalized spacial score (nSPS) is 14.0. The molecule has 1 amide bonds. The van der Waals surface area contributed by atoms with Crippen molar-refractivity contribution in [3.63, 3.8) is 0 Å². The summed E-state index contributed by atoms with van der Waals surface area (Å²) in [5.74, 6) is 1.00. The lowest BCUT2D eigenvalue weighted by molar-refractivity contribution is 0.0735. The van der Waals surface area contributed by atoms with Crippen molar-refractivity contribution in [3.05, 3.63) is 101 Å². The van der Waals surface area contributed by atoms with Gasteiger partial charge in [0.15, 0.2) is 0 Å². The minimum atomic E-state index is 0.0672. The quantitative estimate of drug-likeness (QED) is 0.203. The first-order valence-electron chi connectivity index (χ1n) is 15.5. The van der Waals surface area contributed by atoms with E-state index in [1.807, 2.05) is 23.1 Å². The summed E-state index contributed by atoms with van der Waals surface area (Å²) >= 11 is 0. The third-order valence-corrected chi connectivity index (χ3v) is 8.20. The molecule has 0 unspecified atom stereocenters. The Morgan fingerprint density at radius 1 is 0.878 bits per heavy atom. The summed E-state index contributed by atoms with van der Waals surface area (Å²) in [4.78, 5) is 23.5. The van der Waals surface area contributed by atoms with Gasteiger partial charge in [-0.1, -0.05) is 75.2 Å². The lowest BCUT2D eigenvalue weighted by Gasteiger charge is -2.27. The molecule has 1 saturated heterocycles. The highest BCUT2D eigenvalue weighted by Crippen LogP contribution is 2.23. The van der Waals surface area contributed by atoms with E-state index in [0.717, 1.165) is 61.4 Å². The van der Waals surface area contributed by atoms with Gasteiger partial charge in [0.05, 0.1) is 17.6 Å². The molecule has 1 aromatic heterocycles. The van der Waals surface area contributed by atoms with Crippen LogP contribution in [-0.4, -0.2) is 51.4 Å². The van der Waals surface area contributed by atoms with Gasteiger partial charge in [-0.05, 0) is 79.9 Å². The van der Waals surface area contributed by atoms with Crippen LogP contribution in [0.15, 0.2) is 72.8 Å². The zero-order valence-electron chi connectivity index (χ0n) is 24.8. The topological polar surface area (TPSA) is 53.4 Å². The van der Waals surface area contributed by atoms with Crippen LogP contribution in [-0.2, 0) is 26.2 Å². The lowest BCUT2D eigenvalue weighted by Crippen LogP contribution is -2.33. The van der Waals surface area contributed by atoms with E-state index >= 15 is 0 Å². The third-order valence-electron chi connectivity index (χ3n) is 8.20. The zero-order valence-corrected chi connectivity index (χ0v) is 24.8. The summed E-state index contributed by atoms with van der Waals surface area (Å²) < 4.78 is 2.33. The van der Waals surface area contributed by atoms with Crippen molar-refractivity contribution in [2.75, 3.05) is 26.2 Å². The molecule has 6 nitrogen and oxygen atoms in total. The van der Waals surface area contributed by atoms with Crippen LogP contribution >= 0.6 is 0 Å². The van der Waals surface area contributed by atoms with Gasteiger partial charge in [-0.2, -0.15) is 0 Å². The maximum atomic E-state index is 13.8. The van der Waals surface area contributed by atoms with Gasteiger partial charge in [-0.15, -0.1) is 0 Å². The second kappa shape index (κ2) is 14.4. The van der Waals surface area contributed by atoms with Crippen molar-refractivity contribution >= 4 is 16.9 Å². The fourth-order valence-corrected chi connectivity index (χ4v) is 5.81. The van der Waals surface area contributed by atoms with E-state index in [4.69, 9.17) is 4.98 Å². The molecule has 1 fully saturated rings. The molecule has 0 aliphatic carbocycles. The number of imidazole rings is 1. The summed E-state index contributed by atoms with van der Waals surface area (Å²) in [5.41, 5.74) is 6.72. The van der Waals surface area contributed by atoms with Gasteiger partial charge >= 0.3 is 0 Å². The van der Waals surface area contributed by atoms with Gasteiger partial charge in [0.2, 0.25) is 0 Å². The number of unbranched alkanes of at least 4 members (excludes halogenated alkanes) is 1. The Morgan fingerprint density at radius 3 is 2.32 bits per heavy atom. The van der Waals surface area contributed by atoms with E-state index in [-0.39, 0.29) is 5.91 Å². The highest BCUT2D eigenvalue weighted by atomic mass is 16.2. The monoisotopic (exact) mass is 551 g/mol. The number of benzene rings is 3. The average Bonchev–Trinajstić information content (AvgIpc) is 3.36. The average molecular weight is 552 g/mol. The van der Waals surface area contributed by atoms with Crippen molar-refractivity contribution in [2.45, 2.75) is 72.1 Å². The fourth-order valence-electron chi connectivity index (χ4n) is 5.81. The standard InChI is InChI=1S/C35H45N5O/c1-3-5-23-39(35(41)29-19-17-28(18-20-29)24-36-4-2)27-34-37-32-15-9-10-16-33(32)40(34)26-31-14-8-7-13-30(31)25-38-21-11-6-12-22-38/h7-10,13-20,36H,3-6,11-12,21-27H2,1-2H3. The molecular weight excluding hydrogens is 506 g/mol. The van der Waals surface area contributed by atoms with Crippen LogP contribution in [0.5, 0.6) is 0 Å². The second-order valence-corrected chi connectivity index (χ2v) is 11.3. The summed E-state index contributed by atoms with van der Waals surface area (Å²) in [5, 5.41) is 3.35. The van der Waals surface area contributed by atoms with E-state index in [9.17, 15) is 4.79 Å². The highest BCUT2D eigenvalue weighted by molar-refractivity contribution is 5.94. The number of nitrogens with one attached hydrogen (secondary N) is 1. The van der Waals surface area contributed by atoms with Gasteiger partial charge in [0.25, 0.3) is 5.91 Å². The van der Waals surface area contributed by atoms with E-state index < -0.39 is 0 Å². The predicted octanol–water partition coefficient (Wildman–Crippen LogP) is 6.62. The first kappa shape index (κ1) is 29.0. The van der Waals surface area contributed by atoms with Gasteiger partial charge in [-0.3, -0.25) is 9.69 Å². The molecule has 0 atom stereocenters. The first-order chi connectivity index (χ1) is 20.2. The van der Waals surface area contributed by atoms with Crippen molar-refractivity contribution in [1.29, 1.82) is 0 Å². The molecule has 1 N–H and O–H groups in total. The Morgan fingerprint density at radius 2 is 1.59 bits per heavy atom. The van der Waals surface area contributed by atoms with Crippen LogP contribution in [0.25, 0.3) is 11.0 Å². The molecule has 2 heterocycles. The number of fused-ring (bicyclic) bond motifs is 1.